The molecule has 8 heteroatoms. The summed E-state index contributed by atoms with van der Waals surface area (Å²) in [5, 5.41) is 12.5. The highest BCUT2D eigenvalue weighted by Crippen LogP contribution is 2.89. The molecular weight excluding hydrogens is 544 g/mol. The molecule has 5 saturated carbocycles. The minimum Gasteiger partial charge on any atom is -0.446 e. The Morgan fingerprint density at radius 1 is 1.00 bits per heavy atom. The van der Waals surface area contributed by atoms with Crippen molar-refractivity contribution in [3.8, 4) is 0 Å². The van der Waals surface area contributed by atoms with Crippen LogP contribution in [-0.4, -0.2) is 65.8 Å². The van der Waals surface area contributed by atoms with Gasteiger partial charge < -0.3 is 30.0 Å². The smallest absolute Gasteiger partial charge is 0.410 e. The molecule has 3 N–H and O–H groups in total. The quantitative estimate of drug-likeness (QED) is 0.402. The van der Waals surface area contributed by atoms with Gasteiger partial charge in [0.1, 0.15) is 12.2 Å². The van der Waals surface area contributed by atoms with Gasteiger partial charge in [0.15, 0.2) is 0 Å². The number of hydrogen-bond donors (Lipinski definition) is 2. The predicted octanol–water partition coefficient (Wildman–Crippen LogP) is 6.13. The molecule has 43 heavy (non-hydrogen) atoms. The molecule has 8 unspecified atom stereocenters. The summed E-state index contributed by atoms with van der Waals surface area (Å²) in [6, 6.07) is 0. The zero-order valence-electron chi connectivity index (χ0n) is 27.6. The molecule has 7 rings (SSSR count). The number of aliphatic hydroxyl groups excluding tert-OH is 1. The summed E-state index contributed by atoms with van der Waals surface area (Å²) in [5.74, 6) is 1.72. The van der Waals surface area contributed by atoms with Gasteiger partial charge in [-0.2, -0.15) is 0 Å². The van der Waals surface area contributed by atoms with E-state index < -0.39 is 12.2 Å². The van der Waals surface area contributed by atoms with E-state index in [0.717, 1.165) is 58.0 Å². The Labute approximate surface area is 258 Å². The highest BCUT2D eigenvalue weighted by molar-refractivity contribution is 5.68. The van der Waals surface area contributed by atoms with Crippen LogP contribution in [0.2, 0.25) is 0 Å². The van der Waals surface area contributed by atoms with Gasteiger partial charge in [-0.15, -0.1) is 0 Å². The van der Waals surface area contributed by atoms with Crippen LogP contribution >= 0.6 is 0 Å². The fraction of sp³-hybridized carbons (Fsp3) is 0.943. The van der Waals surface area contributed by atoms with Gasteiger partial charge in [-0.1, -0.05) is 48.5 Å². The monoisotopic (exact) mass is 600 g/mol. The van der Waals surface area contributed by atoms with Crippen LogP contribution in [0.4, 0.5) is 9.59 Å². The third kappa shape index (κ3) is 3.74. The average Bonchev–Trinajstić information content (AvgIpc) is 3.52. The fourth-order valence-corrected chi connectivity index (χ4v) is 13.2. The Morgan fingerprint density at radius 3 is 2.30 bits per heavy atom. The second-order valence-electron chi connectivity index (χ2n) is 17.4. The second-order valence-corrected chi connectivity index (χ2v) is 17.4. The van der Waals surface area contributed by atoms with E-state index in [2.05, 4.69) is 48.5 Å². The highest BCUT2D eigenvalue weighted by atomic mass is 16.6. The molecule has 2 saturated heterocycles. The highest BCUT2D eigenvalue weighted by Gasteiger charge is 2.84. The number of ether oxygens (including phenoxy) is 3. The van der Waals surface area contributed by atoms with Crippen molar-refractivity contribution in [3.05, 3.63) is 0 Å². The minimum atomic E-state index is -0.659. The number of amides is 2. The Balaban J connectivity index is 1.16. The summed E-state index contributed by atoms with van der Waals surface area (Å²) in [7, 11) is 0. The Kier molecular flexibility index (Phi) is 6.65. The molecule has 7 fully saturated rings. The maximum atomic E-state index is 12.9. The normalized spacial score (nSPS) is 51.5. The summed E-state index contributed by atoms with van der Waals surface area (Å²) < 4.78 is 18.8. The number of rotatable bonds is 4. The molecule has 0 aromatic carbocycles. The number of fused-ring (bicyclic) bond motifs is 4. The zero-order chi connectivity index (χ0) is 30.9. The number of likely N-dealkylation sites (tertiary alicyclic amines) is 1. The van der Waals surface area contributed by atoms with Gasteiger partial charge in [0.05, 0.1) is 18.3 Å². The minimum absolute atomic E-state index is 0.0164. The Bertz CT molecular complexity index is 1170. The van der Waals surface area contributed by atoms with Crippen molar-refractivity contribution in [3.63, 3.8) is 0 Å². The number of nitrogens with zero attached hydrogens (tertiary/aromatic N) is 1. The van der Waals surface area contributed by atoms with Crippen LogP contribution in [0.15, 0.2) is 0 Å². The van der Waals surface area contributed by atoms with Crippen LogP contribution in [0.5, 0.6) is 0 Å². The maximum Gasteiger partial charge on any atom is 0.410 e. The summed E-state index contributed by atoms with van der Waals surface area (Å²) in [4.78, 5) is 26.4. The lowest BCUT2D eigenvalue weighted by Crippen LogP contribution is -2.60. The van der Waals surface area contributed by atoms with Crippen LogP contribution in [-0.2, 0) is 14.2 Å². The van der Waals surface area contributed by atoms with E-state index in [-0.39, 0.29) is 69.4 Å². The van der Waals surface area contributed by atoms with E-state index in [0.29, 0.717) is 17.8 Å². The Hall–Kier alpha value is -1.54. The topological polar surface area (TPSA) is 111 Å². The lowest BCUT2D eigenvalue weighted by atomic mass is 9.41. The van der Waals surface area contributed by atoms with Gasteiger partial charge in [0.2, 0.25) is 0 Å². The summed E-state index contributed by atoms with van der Waals surface area (Å²) in [5.41, 5.74) is 5.62. The molecule has 2 heterocycles. The molecule has 8 nitrogen and oxygen atoms in total. The molecule has 2 amide bonds. The SMILES string of the molecule is CC(C)C(OC(=O)N1CCC1)C1C[C@@H](C)[C@H]2C(O1)[C@H](O)[C@@]1(C)C3CC[C@H]4C(C)(C)C(OC(N)=O)CCC45CC35CCC21C. The van der Waals surface area contributed by atoms with Crippen molar-refractivity contribution < 1.29 is 28.9 Å². The van der Waals surface area contributed by atoms with Gasteiger partial charge >= 0.3 is 12.2 Å². The van der Waals surface area contributed by atoms with Crippen LogP contribution in [0.1, 0.15) is 106 Å². The molecule has 5 aliphatic carbocycles. The van der Waals surface area contributed by atoms with E-state index in [1.807, 2.05) is 0 Å². The van der Waals surface area contributed by atoms with Gasteiger partial charge in [0.25, 0.3) is 0 Å². The van der Waals surface area contributed by atoms with Crippen molar-refractivity contribution in [2.24, 2.45) is 62.4 Å². The molecule has 0 bridgehead atoms. The van der Waals surface area contributed by atoms with Crippen molar-refractivity contribution >= 4 is 12.2 Å². The molecule has 242 valence electrons. The second kappa shape index (κ2) is 9.49. The lowest BCUT2D eigenvalue weighted by molar-refractivity contribution is -0.185. The Morgan fingerprint density at radius 2 is 1.67 bits per heavy atom. The third-order valence-corrected chi connectivity index (χ3v) is 15.4. The fourth-order valence-electron chi connectivity index (χ4n) is 13.2. The maximum absolute atomic E-state index is 12.9. The van der Waals surface area contributed by atoms with Gasteiger partial charge in [0, 0.05) is 23.9 Å². The summed E-state index contributed by atoms with van der Waals surface area (Å²) in [6.45, 7) is 17.6. The van der Waals surface area contributed by atoms with Crippen molar-refractivity contribution in [2.75, 3.05) is 13.1 Å². The molecular formula is C35H56N2O6. The number of carbonyl (C=O) groups is 2. The largest absolute Gasteiger partial charge is 0.446 e. The first-order valence-corrected chi connectivity index (χ1v) is 17.4. The van der Waals surface area contributed by atoms with Gasteiger partial charge in [-0.3, -0.25) is 0 Å². The number of hydrogen-bond acceptors (Lipinski definition) is 6. The summed E-state index contributed by atoms with van der Waals surface area (Å²) >= 11 is 0. The van der Waals surface area contributed by atoms with E-state index in [1.165, 1.54) is 12.8 Å². The predicted molar refractivity (Wildman–Crippen MR) is 162 cm³/mol. The molecule has 2 aliphatic heterocycles. The third-order valence-electron chi connectivity index (χ3n) is 15.4. The molecule has 13 atom stereocenters. The first-order valence-electron chi connectivity index (χ1n) is 17.4. The van der Waals surface area contributed by atoms with E-state index in [1.54, 1.807) is 4.90 Å². The molecule has 0 aromatic rings. The molecule has 2 spiro atoms. The van der Waals surface area contributed by atoms with Crippen molar-refractivity contribution in [1.82, 2.24) is 4.90 Å². The van der Waals surface area contributed by atoms with Crippen molar-refractivity contribution in [2.45, 2.75) is 137 Å². The summed E-state index contributed by atoms with van der Waals surface area (Å²) in [6.07, 6.45) is 7.28. The first-order chi connectivity index (χ1) is 20.1. The van der Waals surface area contributed by atoms with Gasteiger partial charge in [-0.05, 0) is 104 Å². The molecule has 7 aliphatic rings. The van der Waals surface area contributed by atoms with Crippen LogP contribution < -0.4 is 5.73 Å². The number of nitrogens with two attached hydrogens (primary N) is 1. The standard InChI is InChI=1S/C35H56N2O6/c1-19(2)26(43-30(40)37-15-8-16-37)21-17-20(3)25-27(41-21)28(38)33(7)23-10-9-22-31(4,5)24(42-29(36)39)11-12-34(22)18-35(23,34)14-13-32(25,33)6/h19-28,38H,8-18H2,1-7H3,(H2,36,39)/t20-,21?,22+,23?,24?,25+,26?,27?,28+,32?,33-,34?,35?/m1/s1. The average molecular weight is 601 g/mol. The first kappa shape index (κ1) is 30.1. The lowest BCUT2D eigenvalue weighted by Gasteiger charge is -2.63. The molecule has 0 radical (unpaired) electrons. The number of aliphatic hydroxyl groups is 1. The van der Waals surface area contributed by atoms with Crippen molar-refractivity contribution in [1.29, 1.82) is 0 Å². The molecule has 0 aromatic heterocycles. The van der Waals surface area contributed by atoms with Crippen LogP contribution in [0.25, 0.3) is 0 Å². The van der Waals surface area contributed by atoms with Crippen LogP contribution in [0.3, 0.4) is 0 Å². The zero-order valence-corrected chi connectivity index (χ0v) is 27.6. The number of carbonyl (C=O) groups excluding carboxylic acids is 2. The van der Waals surface area contributed by atoms with Gasteiger partial charge in [-0.25, -0.2) is 9.59 Å². The van der Waals surface area contributed by atoms with E-state index in [9.17, 15) is 14.7 Å². The number of primary amides is 1. The van der Waals surface area contributed by atoms with Crippen LogP contribution in [0, 0.1) is 56.7 Å². The van der Waals surface area contributed by atoms with E-state index in [4.69, 9.17) is 19.9 Å². The van der Waals surface area contributed by atoms with E-state index >= 15 is 0 Å².